The number of hydrogen-bond donors (Lipinski definition) is 1. The first-order valence-electron chi connectivity index (χ1n) is 8.64. The number of rotatable bonds is 5. The number of hydrogen-bond acceptors (Lipinski definition) is 3. The second-order valence-electron chi connectivity index (χ2n) is 6.51. The molecular weight excluding hydrogens is 453 g/mol. The van der Waals surface area contributed by atoms with Crippen LogP contribution >= 0.6 is 0 Å². The van der Waals surface area contributed by atoms with Crippen molar-refractivity contribution in [3.8, 4) is 0 Å². The van der Waals surface area contributed by atoms with E-state index in [9.17, 15) is 39.7 Å². The summed E-state index contributed by atoms with van der Waals surface area (Å²) in [7, 11) is 0. The van der Waals surface area contributed by atoms with Crippen molar-refractivity contribution >= 4 is 28.7 Å². The van der Waals surface area contributed by atoms with Crippen molar-refractivity contribution in [2.45, 2.75) is 38.3 Å². The molecule has 1 N–H and O–H groups in total. The second kappa shape index (κ2) is 8.77. The molecule has 2 rings (SSSR count). The lowest BCUT2D eigenvalue weighted by molar-refractivity contribution is -0.348. The predicted molar refractivity (Wildman–Crippen MR) is 100 cm³/mol. The molecule has 2 aromatic carbocycles. The molecule has 0 aliphatic rings. The van der Waals surface area contributed by atoms with Gasteiger partial charge in [0.05, 0.1) is 5.69 Å². The Morgan fingerprint density at radius 2 is 1.65 bits per heavy atom. The minimum Gasteiger partial charge on any atom is -0.321 e. The van der Waals surface area contributed by atoms with Crippen molar-refractivity contribution in [2.75, 3.05) is 5.32 Å². The van der Waals surface area contributed by atoms with E-state index in [1.54, 1.807) is 0 Å². The van der Waals surface area contributed by atoms with E-state index in [1.165, 1.54) is 31.2 Å². The molecule has 0 spiro atoms. The molecular formula is C19H15F7N2O2S. The number of nitrogens with one attached hydrogen (secondary N) is 1. The van der Waals surface area contributed by atoms with Crippen LogP contribution in [-0.4, -0.2) is 22.5 Å². The van der Waals surface area contributed by atoms with Crippen LogP contribution in [0.15, 0.2) is 40.8 Å². The molecule has 0 aromatic heterocycles. The average molecular weight is 468 g/mol. The molecule has 0 bridgehead atoms. The molecule has 0 aliphatic heterocycles. The molecule has 0 saturated carbocycles. The van der Waals surface area contributed by atoms with Crippen LogP contribution in [0.2, 0.25) is 0 Å². The summed E-state index contributed by atoms with van der Waals surface area (Å²) in [5.41, 5.74) is -7.29. The first kappa shape index (κ1) is 24.5. The van der Waals surface area contributed by atoms with Crippen LogP contribution < -0.4 is 5.32 Å². The van der Waals surface area contributed by atoms with Crippen LogP contribution in [0.25, 0.3) is 0 Å². The number of anilines is 1. The molecule has 31 heavy (non-hydrogen) atoms. The summed E-state index contributed by atoms with van der Waals surface area (Å²) in [6.07, 6.45) is -12.6. The van der Waals surface area contributed by atoms with Gasteiger partial charge in [-0.05, 0) is 48.7 Å². The van der Waals surface area contributed by atoms with Gasteiger partial charge in [0.25, 0.3) is 5.91 Å². The summed E-state index contributed by atoms with van der Waals surface area (Å²) in [5.74, 6) is -0.739. The Bertz CT molecular complexity index is 1030. The van der Waals surface area contributed by atoms with Gasteiger partial charge in [-0.25, -0.2) is 4.39 Å². The van der Waals surface area contributed by atoms with Crippen molar-refractivity contribution in [2.24, 2.45) is 4.36 Å². The molecule has 0 saturated heterocycles. The molecule has 2 aromatic rings. The quantitative estimate of drug-likeness (QED) is 0.537. The lowest BCUT2D eigenvalue weighted by atomic mass is 9.89. The zero-order valence-corrected chi connectivity index (χ0v) is 16.8. The van der Waals surface area contributed by atoms with E-state index >= 15 is 0 Å². The summed E-state index contributed by atoms with van der Waals surface area (Å²) in [5, 5.41) is 2.42. The summed E-state index contributed by atoms with van der Waals surface area (Å²) in [6.45, 7) is 2.59. The van der Waals surface area contributed by atoms with E-state index in [4.69, 9.17) is 0 Å². The highest BCUT2D eigenvalue weighted by Crippen LogP contribution is 2.53. The SMILES string of the molecule is CCc1cc(C(F)(C(F)(F)F)C(F)(F)F)cc(C)c1NC(=O)c1cccc(N=S=O)c1. The first-order valence-corrected chi connectivity index (χ1v) is 9.34. The zero-order valence-electron chi connectivity index (χ0n) is 16.0. The van der Waals surface area contributed by atoms with Crippen LogP contribution in [-0.2, 0) is 23.6 Å². The van der Waals surface area contributed by atoms with E-state index in [0.717, 1.165) is 6.92 Å². The molecule has 0 atom stereocenters. The summed E-state index contributed by atoms with van der Waals surface area (Å²) in [6, 6.07) is 6.40. The number of benzene rings is 2. The molecule has 0 fully saturated rings. The fourth-order valence-corrected chi connectivity index (χ4v) is 3.14. The lowest BCUT2D eigenvalue weighted by Gasteiger charge is -2.31. The Hall–Kier alpha value is -2.76. The normalized spacial score (nSPS) is 12.4. The molecule has 0 aliphatic carbocycles. The topological polar surface area (TPSA) is 58.5 Å². The Morgan fingerprint density at radius 1 is 1.03 bits per heavy atom. The Balaban J connectivity index is 2.54. The van der Waals surface area contributed by atoms with Crippen molar-refractivity contribution in [1.82, 2.24) is 0 Å². The maximum Gasteiger partial charge on any atom is 0.435 e. The smallest absolute Gasteiger partial charge is 0.321 e. The van der Waals surface area contributed by atoms with Crippen LogP contribution in [0.4, 0.5) is 42.1 Å². The molecule has 0 unspecified atom stereocenters. The summed E-state index contributed by atoms with van der Waals surface area (Å²) >= 11 is -0.0806. The molecule has 1 amide bonds. The lowest BCUT2D eigenvalue weighted by Crippen LogP contribution is -2.50. The van der Waals surface area contributed by atoms with Crippen molar-refractivity contribution in [3.63, 3.8) is 0 Å². The highest BCUT2D eigenvalue weighted by molar-refractivity contribution is 7.54. The average Bonchev–Trinajstić information content (AvgIpc) is 2.67. The Labute approximate surface area is 175 Å². The number of carbonyl (C=O) groups excluding carboxylic acids is 1. The van der Waals surface area contributed by atoms with E-state index in [2.05, 4.69) is 9.68 Å². The Morgan fingerprint density at radius 3 is 2.16 bits per heavy atom. The van der Waals surface area contributed by atoms with Gasteiger partial charge in [-0.2, -0.15) is 34.9 Å². The predicted octanol–water partition coefficient (Wildman–Crippen LogP) is 6.13. The Kier molecular flexibility index (Phi) is 6.94. The van der Waals surface area contributed by atoms with Gasteiger partial charge in [0, 0.05) is 16.8 Å². The third kappa shape index (κ3) is 4.78. The molecule has 0 radical (unpaired) electrons. The maximum absolute atomic E-state index is 14.4. The van der Waals surface area contributed by atoms with E-state index in [0.29, 0.717) is 12.1 Å². The highest BCUT2D eigenvalue weighted by atomic mass is 32.1. The number of amides is 1. The fraction of sp³-hybridized carbons (Fsp3) is 0.316. The standard InChI is InChI=1S/C19H15F7N2O2S/c1-3-11-8-13(17(20,18(21,22)23)19(24,25)26)7-10(2)15(11)27-16(29)12-5-4-6-14(9-12)28-31-30/h4-9H,3H2,1-2H3,(H,27,29). The van der Waals surface area contributed by atoms with Gasteiger partial charge < -0.3 is 5.32 Å². The van der Waals surface area contributed by atoms with Crippen molar-refractivity contribution in [3.05, 3.63) is 58.7 Å². The number of carbonyl (C=O) groups is 1. The molecule has 12 heteroatoms. The van der Waals surface area contributed by atoms with Crippen LogP contribution in [0.1, 0.15) is 34.0 Å². The largest absolute Gasteiger partial charge is 0.435 e. The minimum atomic E-state index is -6.24. The summed E-state index contributed by atoms with van der Waals surface area (Å²) < 4.78 is 107. The van der Waals surface area contributed by atoms with Gasteiger partial charge in [-0.15, -0.1) is 0 Å². The van der Waals surface area contributed by atoms with Gasteiger partial charge >= 0.3 is 18.0 Å². The fourth-order valence-electron chi connectivity index (χ4n) is 2.94. The zero-order chi connectivity index (χ0) is 23.6. The highest BCUT2D eigenvalue weighted by Gasteiger charge is 2.73. The number of halogens is 7. The third-order valence-corrected chi connectivity index (χ3v) is 4.75. The molecule has 4 nitrogen and oxygen atoms in total. The van der Waals surface area contributed by atoms with Crippen molar-refractivity contribution < 1.29 is 39.7 Å². The number of nitrogens with zero attached hydrogens (tertiary/aromatic N) is 1. The van der Waals surface area contributed by atoms with Crippen LogP contribution in [0.5, 0.6) is 0 Å². The van der Waals surface area contributed by atoms with Gasteiger partial charge in [0.2, 0.25) is 11.5 Å². The second-order valence-corrected chi connectivity index (χ2v) is 6.84. The summed E-state index contributed by atoms with van der Waals surface area (Å²) in [4.78, 5) is 12.5. The molecule has 0 heterocycles. The molecule has 168 valence electrons. The number of alkyl halides is 7. The van der Waals surface area contributed by atoms with E-state index < -0.39 is 29.5 Å². The van der Waals surface area contributed by atoms with Crippen LogP contribution in [0, 0.1) is 6.92 Å². The first-order chi connectivity index (χ1) is 14.3. The maximum atomic E-state index is 14.4. The third-order valence-electron chi connectivity index (χ3n) is 4.47. The van der Waals surface area contributed by atoms with Crippen LogP contribution in [0.3, 0.4) is 0 Å². The van der Waals surface area contributed by atoms with Crippen molar-refractivity contribution in [1.29, 1.82) is 0 Å². The van der Waals surface area contributed by atoms with Gasteiger partial charge in [0.1, 0.15) is 0 Å². The van der Waals surface area contributed by atoms with E-state index in [-0.39, 0.29) is 45.9 Å². The minimum absolute atomic E-state index is 0.0384. The van der Waals surface area contributed by atoms with E-state index in [1.807, 2.05) is 0 Å². The number of aryl methyl sites for hydroxylation is 2. The van der Waals surface area contributed by atoms with Gasteiger partial charge in [-0.1, -0.05) is 19.1 Å². The monoisotopic (exact) mass is 468 g/mol. The van der Waals surface area contributed by atoms with Gasteiger partial charge in [-0.3, -0.25) is 4.79 Å². The van der Waals surface area contributed by atoms with Gasteiger partial charge in [0.15, 0.2) is 0 Å².